The van der Waals surface area contributed by atoms with Crippen LogP contribution in [0.25, 0.3) is 0 Å². The van der Waals surface area contributed by atoms with E-state index >= 15 is 0 Å². The summed E-state index contributed by atoms with van der Waals surface area (Å²) in [6.45, 7) is 6.73. The maximum absolute atomic E-state index is 11.6. The molecule has 6 nitrogen and oxygen atoms in total. The second-order valence-corrected chi connectivity index (χ2v) is 4.98. The van der Waals surface area contributed by atoms with E-state index in [1.807, 2.05) is 6.92 Å². The minimum atomic E-state index is -1.09. The number of urea groups is 1. The molecule has 0 atom stereocenters. The van der Waals surface area contributed by atoms with Gasteiger partial charge in [0.2, 0.25) is 0 Å². The van der Waals surface area contributed by atoms with Crippen molar-refractivity contribution < 1.29 is 19.4 Å². The number of carboxylic acids is 1. The second kappa shape index (κ2) is 7.13. The number of amides is 2. The van der Waals surface area contributed by atoms with E-state index in [4.69, 9.17) is 4.74 Å². The van der Waals surface area contributed by atoms with Crippen LogP contribution >= 0.6 is 0 Å². The Morgan fingerprint density at radius 2 is 2.00 bits per heavy atom. The summed E-state index contributed by atoms with van der Waals surface area (Å²) in [5.74, 6) is -0.960. The van der Waals surface area contributed by atoms with Crippen LogP contribution in [0.2, 0.25) is 0 Å². The van der Waals surface area contributed by atoms with Crippen LogP contribution in [-0.2, 0) is 9.53 Å². The van der Waals surface area contributed by atoms with Gasteiger partial charge < -0.3 is 20.5 Å². The lowest BCUT2D eigenvalue weighted by molar-refractivity contribution is -0.144. The maximum atomic E-state index is 11.6. The summed E-state index contributed by atoms with van der Waals surface area (Å²) < 4.78 is 5.23. The number of rotatable bonds is 7. The van der Waals surface area contributed by atoms with Gasteiger partial charge in [0.05, 0.1) is 13.2 Å². The summed E-state index contributed by atoms with van der Waals surface area (Å²) in [5.41, 5.74) is -0.178. The highest BCUT2D eigenvalue weighted by Crippen LogP contribution is 2.29. The lowest BCUT2D eigenvalue weighted by Gasteiger charge is -2.25. The Kier molecular flexibility index (Phi) is 5.82. The molecule has 0 aromatic heterocycles. The first kappa shape index (κ1) is 15.5. The molecule has 1 fully saturated rings. The van der Waals surface area contributed by atoms with Gasteiger partial charge in [0.25, 0.3) is 0 Å². The molecule has 108 valence electrons. The van der Waals surface area contributed by atoms with E-state index in [0.717, 1.165) is 18.4 Å². The molecule has 0 radical (unpaired) electrons. The van der Waals surface area contributed by atoms with Crippen molar-refractivity contribution in [2.45, 2.75) is 38.1 Å². The third kappa shape index (κ3) is 4.90. The first-order chi connectivity index (χ1) is 8.96. The standard InChI is InChI=1S/C13H22N2O4/c1-10(2)9-19-8-7-14-12(18)15-13(11(16)17)5-3-4-6-13/h1,3-9H2,2H3,(H,16,17)(H2,14,15,18). The fraction of sp³-hybridized carbons (Fsp3) is 0.692. The molecule has 0 aromatic rings. The Hall–Kier alpha value is -1.56. The van der Waals surface area contributed by atoms with Crippen molar-refractivity contribution in [2.24, 2.45) is 0 Å². The van der Waals surface area contributed by atoms with Gasteiger partial charge in [0, 0.05) is 6.54 Å². The molecule has 0 saturated heterocycles. The lowest BCUT2D eigenvalue weighted by atomic mass is 9.98. The molecular weight excluding hydrogens is 248 g/mol. The van der Waals surface area contributed by atoms with Crippen LogP contribution < -0.4 is 10.6 Å². The van der Waals surface area contributed by atoms with Crippen molar-refractivity contribution in [1.29, 1.82) is 0 Å². The smallest absolute Gasteiger partial charge is 0.329 e. The van der Waals surface area contributed by atoms with Crippen molar-refractivity contribution in [1.82, 2.24) is 10.6 Å². The van der Waals surface area contributed by atoms with Gasteiger partial charge in [-0.15, -0.1) is 0 Å². The van der Waals surface area contributed by atoms with Gasteiger partial charge in [-0.2, -0.15) is 0 Å². The number of ether oxygens (including phenoxy) is 1. The van der Waals surface area contributed by atoms with Crippen LogP contribution in [0.4, 0.5) is 4.79 Å². The first-order valence-electron chi connectivity index (χ1n) is 6.48. The van der Waals surface area contributed by atoms with Crippen molar-refractivity contribution in [3.8, 4) is 0 Å². The third-order valence-corrected chi connectivity index (χ3v) is 3.10. The number of carboxylic acid groups (broad SMARTS) is 1. The first-order valence-corrected chi connectivity index (χ1v) is 6.48. The maximum Gasteiger partial charge on any atom is 0.329 e. The quantitative estimate of drug-likeness (QED) is 0.480. The van der Waals surface area contributed by atoms with Crippen LogP contribution in [0.15, 0.2) is 12.2 Å². The van der Waals surface area contributed by atoms with Gasteiger partial charge in [-0.05, 0) is 19.8 Å². The Balaban J connectivity index is 2.26. The zero-order valence-corrected chi connectivity index (χ0v) is 11.3. The number of carbonyl (C=O) groups is 2. The SMILES string of the molecule is C=C(C)COCCNC(=O)NC1(C(=O)O)CCCC1. The van der Waals surface area contributed by atoms with E-state index in [-0.39, 0.29) is 0 Å². The molecule has 0 spiro atoms. The average Bonchev–Trinajstić information content (AvgIpc) is 2.78. The van der Waals surface area contributed by atoms with Crippen LogP contribution in [0.1, 0.15) is 32.6 Å². The van der Waals surface area contributed by atoms with Gasteiger partial charge in [-0.25, -0.2) is 9.59 Å². The Labute approximate surface area is 113 Å². The molecular formula is C13H22N2O4. The molecule has 0 heterocycles. The Bertz CT molecular complexity index is 349. The zero-order chi connectivity index (χ0) is 14.3. The van der Waals surface area contributed by atoms with Crippen molar-refractivity contribution in [3.05, 3.63) is 12.2 Å². The van der Waals surface area contributed by atoms with Crippen LogP contribution in [0.5, 0.6) is 0 Å². The van der Waals surface area contributed by atoms with E-state index in [2.05, 4.69) is 17.2 Å². The van der Waals surface area contributed by atoms with Crippen molar-refractivity contribution in [3.63, 3.8) is 0 Å². The Morgan fingerprint density at radius 1 is 1.37 bits per heavy atom. The van der Waals surface area contributed by atoms with Gasteiger partial charge >= 0.3 is 12.0 Å². The molecule has 1 aliphatic carbocycles. The largest absolute Gasteiger partial charge is 0.480 e. The van der Waals surface area contributed by atoms with Crippen LogP contribution in [0, 0.1) is 0 Å². The highest BCUT2D eigenvalue weighted by molar-refractivity contribution is 5.86. The highest BCUT2D eigenvalue weighted by Gasteiger charge is 2.42. The van der Waals surface area contributed by atoms with Gasteiger partial charge in [0.15, 0.2) is 0 Å². The monoisotopic (exact) mass is 270 g/mol. The molecule has 1 aliphatic rings. The number of carbonyl (C=O) groups excluding carboxylic acids is 1. The molecule has 0 aliphatic heterocycles. The molecule has 3 N–H and O–H groups in total. The summed E-state index contributed by atoms with van der Waals surface area (Å²) in [6, 6.07) is -0.455. The van der Waals surface area contributed by atoms with E-state index in [0.29, 0.717) is 32.6 Å². The normalized spacial score (nSPS) is 16.9. The van der Waals surface area contributed by atoms with Gasteiger partial charge in [-0.3, -0.25) is 0 Å². The van der Waals surface area contributed by atoms with E-state index in [1.165, 1.54) is 0 Å². The van der Waals surface area contributed by atoms with E-state index in [1.54, 1.807) is 0 Å². The summed E-state index contributed by atoms with van der Waals surface area (Å²) in [7, 11) is 0. The zero-order valence-electron chi connectivity index (χ0n) is 11.3. The van der Waals surface area contributed by atoms with E-state index in [9.17, 15) is 14.7 Å². The number of hydrogen-bond acceptors (Lipinski definition) is 3. The molecule has 2 amide bonds. The fourth-order valence-corrected chi connectivity index (χ4v) is 2.12. The molecule has 19 heavy (non-hydrogen) atoms. The average molecular weight is 270 g/mol. The molecule has 6 heteroatoms. The fourth-order valence-electron chi connectivity index (χ4n) is 2.12. The molecule has 1 rings (SSSR count). The predicted molar refractivity (Wildman–Crippen MR) is 71.0 cm³/mol. The molecule has 0 aromatic carbocycles. The topological polar surface area (TPSA) is 87.7 Å². The van der Waals surface area contributed by atoms with Gasteiger partial charge in [-0.1, -0.05) is 25.0 Å². The lowest BCUT2D eigenvalue weighted by Crippen LogP contribution is -2.55. The Morgan fingerprint density at radius 3 is 2.53 bits per heavy atom. The summed E-state index contributed by atoms with van der Waals surface area (Å²) in [4.78, 5) is 22.9. The minimum absolute atomic E-state index is 0.342. The highest BCUT2D eigenvalue weighted by atomic mass is 16.5. The van der Waals surface area contributed by atoms with Crippen LogP contribution in [0.3, 0.4) is 0 Å². The summed E-state index contributed by atoms with van der Waals surface area (Å²) >= 11 is 0. The number of aliphatic carboxylic acids is 1. The van der Waals surface area contributed by atoms with Gasteiger partial charge in [0.1, 0.15) is 5.54 Å². The molecule has 1 saturated carbocycles. The second-order valence-electron chi connectivity index (χ2n) is 4.98. The van der Waals surface area contributed by atoms with Crippen molar-refractivity contribution in [2.75, 3.05) is 19.8 Å². The number of hydrogen-bond donors (Lipinski definition) is 3. The number of nitrogens with one attached hydrogen (secondary N) is 2. The summed E-state index contributed by atoms with van der Waals surface area (Å²) in [5, 5.41) is 14.4. The summed E-state index contributed by atoms with van der Waals surface area (Å²) in [6.07, 6.45) is 2.63. The predicted octanol–water partition coefficient (Wildman–Crippen LogP) is 1.28. The van der Waals surface area contributed by atoms with E-state index < -0.39 is 17.5 Å². The molecule has 0 bridgehead atoms. The van der Waals surface area contributed by atoms with Crippen LogP contribution in [-0.4, -0.2) is 42.4 Å². The third-order valence-electron chi connectivity index (χ3n) is 3.10. The molecule has 0 unspecified atom stereocenters. The van der Waals surface area contributed by atoms with Crippen molar-refractivity contribution >= 4 is 12.0 Å². The minimum Gasteiger partial charge on any atom is -0.480 e.